The molecule has 0 atom stereocenters. The first kappa shape index (κ1) is 18.5. The SMILES string of the molecule is C=C(CO)NC(=O)c1cc(-c2ccc(Cl)cc2)nc(-c2ccc(Cl)s2)n1. The fraction of sp³-hybridized carbons (Fsp3) is 0.0556. The van der Waals surface area contributed by atoms with Crippen LogP contribution in [0.3, 0.4) is 0 Å². The van der Waals surface area contributed by atoms with Gasteiger partial charge in [-0.3, -0.25) is 4.79 Å². The van der Waals surface area contributed by atoms with Crippen LogP contribution in [0.5, 0.6) is 0 Å². The summed E-state index contributed by atoms with van der Waals surface area (Å²) < 4.78 is 0.597. The zero-order valence-electron chi connectivity index (χ0n) is 13.4. The third kappa shape index (κ3) is 4.28. The summed E-state index contributed by atoms with van der Waals surface area (Å²) in [4.78, 5) is 22.0. The summed E-state index contributed by atoms with van der Waals surface area (Å²) in [6.07, 6.45) is 0. The first-order valence-corrected chi connectivity index (χ1v) is 9.04. The number of nitrogens with one attached hydrogen (secondary N) is 1. The fourth-order valence-electron chi connectivity index (χ4n) is 2.14. The van der Waals surface area contributed by atoms with Crippen LogP contribution in [0, 0.1) is 0 Å². The van der Waals surface area contributed by atoms with Gasteiger partial charge in [-0.2, -0.15) is 0 Å². The van der Waals surface area contributed by atoms with Crippen LogP contribution < -0.4 is 5.32 Å². The Morgan fingerprint density at radius 3 is 2.50 bits per heavy atom. The van der Waals surface area contributed by atoms with Crippen molar-refractivity contribution in [3.05, 3.63) is 69.8 Å². The number of aromatic nitrogens is 2. The lowest BCUT2D eigenvalue weighted by molar-refractivity contribution is 0.0955. The second-order valence-electron chi connectivity index (χ2n) is 5.29. The molecule has 3 rings (SSSR count). The summed E-state index contributed by atoms with van der Waals surface area (Å²) in [5.74, 6) is -0.0975. The normalized spacial score (nSPS) is 10.6. The molecule has 132 valence electrons. The summed E-state index contributed by atoms with van der Waals surface area (Å²) in [5, 5.41) is 12.2. The van der Waals surface area contributed by atoms with Crippen LogP contribution in [0.25, 0.3) is 22.0 Å². The van der Waals surface area contributed by atoms with Crippen LogP contribution in [0.1, 0.15) is 10.5 Å². The van der Waals surface area contributed by atoms with Crippen molar-refractivity contribution in [3.63, 3.8) is 0 Å². The van der Waals surface area contributed by atoms with Gasteiger partial charge in [-0.25, -0.2) is 9.97 Å². The summed E-state index contributed by atoms with van der Waals surface area (Å²) in [6, 6.07) is 12.2. The van der Waals surface area contributed by atoms with E-state index in [1.165, 1.54) is 11.3 Å². The molecule has 0 saturated heterocycles. The van der Waals surface area contributed by atoms with Gasteiger partial charge in [0.15, 0.2) is 5.82 Å². The van der Waals surface area contributed by atoms with Crippen molar-refractivity contribution in [3.8, 4) is 22.0 Å². The van der Waals surface area contributed by atoms with Crippen LogP contribution in [0.15, 0.2) is 54.7 Å². The first-order chi connectivity index (χ1) is 12.5. The number of carbonyl (C=O) groups excluding carboxylic acids is 1. The second kappa shape index (κ2) is 7.97. The molecule has 0 aliphatic heterocycles. The van der Waals surface area contributed by atoms with Gasteiger partial charge < -0.3 is 10.4 Å². The van der Waals surface area contributed by atoms with Crippen molar-refractivity contribution in [2.24, 2.45) is 0 Å². The van der Waals surface area contributed by atoms with Crippen molar-refractivity contribution < 1.29 is 9.90 Å². The van der Waals surface area contributed by atoms with Gasteiger partial charge in [0.25, 0.3) is 5.91 Å². The number of carbonyl (C=O) groups is 1. The van der Waals surface area contributed by atoms with Crippen LogP contribution in [0.2, 0.25) is 9.36 Å². The molecule has 1 aromatic carbocycles. The van der Waals surface area contributed by atoms with Gasteiger partial charge in [-0.05, 0) is 30.3 Å². The van der Waals surface area contributed by atoms with E-state index < -0.39 is 5.91 Å². The van der Waals surface area contributed by atoms with E-state index in [4.69, 9.17) is 28.3 Å². The summed E-state index contributed by atoms with van der Waals surface area (Å²) in [5.41, 5.74) is 1.69. The van der Waals surface area contributed by atoms with Crippen molar-refractivity contribution in [2.75, 3.05) is 6.61 Å². The Morgan fingerprint density at radius 2 is 1.88 bits per heavy atom. The monoisotopic (exact) mass is 405 g/mol. The minimum absolute atomic E-state index is 0.152. The highest BCUT2D eigenvalue weighted by Gasteiger charge is 2.15. The Morgan fingerprint density at radius 1 is 1.15 bits per heavy atom. The Hall–Kier alpha value is -2.25. The highest BCUT2D eigenvalue weighted by atomic mass is 35.5. The highest BCUT2D eigenvalue weighted by Crippen LogP contribution is 2.30. The first-order valence-electron chi connectivity index (χ1n) is 7.47. The van der Waals surface area contributed by atoms with Gasteiger partial charge in [0, 0.05) is 16.3 Å². The maximum Gasteiger partial charge on any atom is 0.274 e. The number of amides is 1. The van der Waals surface area contributed by atoms with Crippen LogP contribution in [-0.2, 0) is 0 Å². The molecule has 0 spiro atoms. The van der Waals surface area contributed by atoms with Crippen LogP contribution >= 0.6 is 34.5 Å². The molecule has 1 amide bonds. The molecule has 0 saturated carbocycles. The molecule has 0 radical (unpaired) electrons. The molecular weight excluding hydrogens is 393 g/mol. The van der Waals surface area contributed by atoms with Gasteiger partial charge in [-0.1, -0.05) is 41.9 Å². The number of halogens is 2. The van der Waals surface area contributed by atoms with Crippen LogP contribution in [0.4, 0.5) is 0 Å². The average molecular weight is 406 g/mol. The molecule has 5 nitrogen and oxygen atoms in total. The number of nitrogens with zero attached hydrogens (tertiary/aromatic N) is 2. The quantitative estimate of drug-likeness (QED) is 0.658. The van der Waals surface area contributed by atoms with Crippen molar-refractivity contribution in [2.45, 2.75) is 0 Å². The Labute approximate surface area is 164 Å². The number of thiophene rings is 1. The predicted octanol–water partition coefficient (Wildman–Crippen LogP) is 4.41. The maximum absolute atomic E-state index is 12.4. The topological polar surface area (TPSA) is 75.1 Å². The van der Waals surface area contributed by atoms with Gasteiger partial charge in [0.05, 0.1) is 21.5 Å². The van der Waals surface area contributed by atoms with E-state index in [1.54, 1.807) is 30.3 Å². The highest BCUT2D eigenvalue weighted by molar-refractivity contribution is 7.19. The minimum atomic E-state index is -0.481. The largest absolute Gasteiger partial charge is 0.390 e. The number of hydrogen-bond donors (Lipinski definition) is 2. The van der Waals surface area contributed by atoms with E-state index in [0.29, 0.717) is 20.9 Å². The zero-order chi connectivity index (χ0) is 18.7. The number of rotatable bonds is 5. The minimum Gasteiger partial charge on any atom is -0.390 e. The lowest BCUT2D eigenvalue weighted by Crippen LogP contribution is -2.25. The van der Waals surface area contributed by atoms with Crippen molar-refractivity contribution in [1.82, 2.24) is 15.3 Å². The molecule has 2 N–H and O–H groups in total. The Bertz CT molecular complexity index is 971. The maximum atomic E-state index is 12.4. The number of benzene rings is 1. The second-order valence-corrected chi connectivity index (χ2v) is 7.44. The molecular formula is C18H13Cl2N3O2S. The molecule has 0 bridgehead atoms. The molecule has 2 heterocycles. The lowest BCUT2D eigenvalue weighted by atomic mass is 10.1. The standard InChI is InChI=1S/C18H13Cl2N3O2S/c1-10(9-24)21-18(25)14-8-13(11-2-4-12(19)5-3-11)22-17(23-14)15-6-7-16(20)26-15/h2-8,24H,1,9H2,(H,21,25). The van der Waals surface area contributed by atoms with Crippen molar-refractivity contribution in [1.29, 1.82) is 0 Å². The Kier molecular flexibility index (Phi) is 5.68. The lowest BCUT2D eigenvalue weighted by Gasteiger charge is -2.09. The molecule has 0 fully saturated rings. The fourth-order valence-corrected chi connectivity index (χ4v) is 3.24. The summed E-state index contributed by atoms with van der Waals surface area (Å²) >= 11 is 13.3. The van der Waals surface area contributed by atoms with E-state index in [0.717, 1.165) is 10.4 Å². The predicted molar refractivity (Wildman–Crippen MR) is 104 cm³/mol. The number of aliphatic hydroxyl groups is 1. The van der Waals surface area contributed by atoms with Gasteiger partial charge in [-0.15, -0.1) is 11.3 Å². The summed E-state index contributed by atoms with van der Waals surface area (Å²) in [7, 11) is 0. The molecule has 0 aliphatic carbocycles. The Balaban J connectivity index is 2.08. The molecule has 0 unspecified atom stereocenters. The van der Waals surface area contributed by atoms with E-state index >= 15 is 0 Å². The van der Waals surface area contributed by atoms with Gasteiger partial charge in [0.2, 0.25) is 0 Å². The third-order valence-electron chi connectivity index (χ3n) is 3.37. The van der Waals surface area contributed by atoms with Gasteiger partial charge in [0.1, 0.15) is 5.69 Å². The molecule has 8 heteroatoms. The van der Waals surface area contributed by atoms with E-state index in [9.17, 15) is 4.79 Å². The molecule has 26 heavy (non-hydrogen) atoms. The number of hydrogen-bond acceptors (Lipinski definition) is 5. The van der Waals surface area contributed by atoms with E-state index in [1.807, 2.05) is 12.1 Å². The zero-order valence-corrected chi connectivity index (χ0v) is 15.7. The third-order valence-corrected chi connectivity index (χ3v) is 4.85. The molecule has 0 aliphatic rings. The molecule has 3 aromatic rings. The van der Waals surface area contributed by atoms with E-state index in [-0.39, 0.29) is 18.0 Å². The van der Waals surface area contributed by atoms with Crippen molar-refractivity contribution >= 4 is 40.4 Å². The molecule has 2 aromatic heterocycles. The smallest absolute Gasteiger partial charge is 0.274 e. The van der Waals surface area contributed by atoms with Gasteiger partial charge >= 0.3 is 0 Å². The summed E-state index contributed by atoms with van der Waals surface area (Å²) in [6.45, 7) is 3.20. The average Bonchev–Trinajstić information content (AvgIpc) is 3.08. The van der Waals surface area contributed by atoms with E-state index in [2.05, 4.69) is 21.9 Å². The van der Waals surface area contributed by atoms with Crippen LogP contribution in [-0.4, -0.2) is 27.6 Å². The number of aliphatic hydroxyl groups excluding tert-OH is 1.